The number of carbonyl (C=O) groups excluding carboxylic acids is 1. The van der Waals surface area contributed by atoms with Gasteiger partial charge in [-0.3, -0.25) is 9.78 Å². The van der Waals surface area contributed by atoms with E-state index in [9.17, 15) is 4.79 Å². The number of carbonyl (C=O) groups is 1. The van der Waals surface area contributed by atoms with E-state index in [2.05, 4.69) is 20.9 Å². The van der Waals surface area contributed by atoms with Gasteiger partial charge in [-0.25, -0.2) is 0 Å². The van der Waals surface area contributed by atoms with Crippen LogP contribution in [0.5, 0.6) is 0 Å². The number of benzene rings is 2. The molecule has 0 atom stereocenters. The molecule has 0 radical (unpaired) electrons. The van der Waals surface area contributed by atoms with Crippen LogP contribution in [0.25, 0.3) is 10.8 Å². The number of aromatic nitrogens is 1. The second-order valence-electron chi connectivity index (χ2n) is 4.50. The molecular weight excluding hydrogens is 316 g/mol. The molecule has 2 N–H and O–H groups in total. The Balaban J connectivity index is 2.17. The highest BCUT2D eigenvalue weighted by Gasteiger charge is 2.13. The Morgan fingerprint density at radius 1 is 1.15 bits per heavy atom. The van der Waals surface area contributed by atoms with Gasteiger partial charge in [0, 0.05) is 39.1 Å². The number of nitrogens with zero attached hydrogens (tertiary/aromatic N) is 1. The van der Waals surface area contributed by atoms with E-state index in [0.29, 0.717) is 16.8 Å². The van der Waals surface area contributed by atoms with Crippen molar-refractivity contribution in [2.75, 3.05) is 5.73 Å². The minimum Gasteiger partial charge on any atom is -0.399 e. The number of rotatable bonds is 2. The molecule has 0 amide bonds. The third-order valence-electron chi connectivity index (χ3n) is 3.11. The van der Waals surface area contributed by atoms with Crippen LogP contribution in [0.15, 0.2) is 59.3 Å². The van der Waals surface area contributed by atoms with E-state index >= 15 is 0 Å². The lowest BCUT2D eigenvalue weighted by Gasteiger charge is -2.07. The molecule has 20 heavy (non-hydrogen) atoms. The smallest absolute Gasteiger partial charge is 0.193 e. The largest absolute Gasteiger partial charge is 0.399 e. The van der Waals surface area contributed by atoms with Gasteiger partial charge in [-0.15, -0.1) is 0 Å². The number of nitrogens with two attached hydrogens (primary N) is 1. The minimum absolute atomic E-state index is 0.0587. The first-order valence-corrected chi connectivity index (χ1v) is 6.88. The van der Waals surface area contributed by atoms with Crippen molar-refractivity contribution >= 4 is 38.2 Å². The molecule has 1 aromatic heterocycles. The molecule has 4 heteroatoms. The minimum atomic E-state index is -0.0587. The Hall–Kier alpha value is -2.20. The summed E-state index contributed by atoms with van der Waals surface area (Å²) >= 11 is 3.36. The number of halogens is 1. The number of nitrogen functional groups attached to an aromatic ring is 1. The number of ketones is 1. The lowest BCUT2D eigenvalue weighted by Crippen LogP contribution is -2.03. The molecule has 0 saturated carbocycles. The molecule has 0 aliphatic carbocycles. The fourth-order valence-corrected chi connectivity index (χ4v) is 2.72. The molecule has 98 valence electrons. The van der Waals surface area contributed by atoms with E-state index in [1.54, 1.807) is 30.6 Å². The van der Waals surface area contributed by atoms with Crippen LogP contribution in [-0.2, 0) is 0 Å². The maximum Gasteiger partial charge on any atom is 0.193 e. The Bertz CT molecular complexity index is 789. The Kier molecular flexibility index (Phi) is 3.24. The average molecular weight is 327 g/mol. The van der Waals surface area contributed by atoms with Gasteiger partial charge >= 0.3 is 0 Å². The van der Waals surface area contributed by atoms with Crippen molar-refractivity contribution < 1.29 is 4.79 Å². The number of anilines is 1. The molecule has 0 bridgehead atoms. The summed E-state index contributed by atoms with van der Waals surface area (Å²) in [6, 6.07) is 12.8. The highest BCUT2D eigenvalue weighted by molar-refractivity contribution is 9.10. The molecule has 0 aliphatic heterocycles. The zero-order valence-corrected chi connectivity index (χ0v) is 12.1. The fourth-order valence-electron chi connectivity index (χ4n) is 2.21. The van der Waals surface area contributed by atoms with Crippen molar-refractivity contribution in [1.82, 2.24) is 4.98 Å². The Labute approximate surface area is 124 Å². The predicted molar refractivity (Wildman–Crippen MR) is 83.7 cm³/mol. The molecule has 3 rings (SSSR count). The van der Waals surface area contributed by atoms with Crippen LogP contribution in [0.2, 0.25) is 0 Å². The predicted octanol–water partition coefficient (Wildman–Crippen LogP) is 3.81. The van der Waals surface area contributed by atoms with Gasteiger partial charge in [0.1, 0.15) is 0 Å². The quantitative estimate of drug-likeness (QED) is 0.575. The van der Waals surface area contributed by atoms with Crippen LogP contribution in [-0.4, -0.2) is 10.8 Å². The van der Waals surface area contributed by atoms with Crippen LogP contribution in [0.4, 0.5) is 5.69 Å². The SMILES string of the molecule is Nc1cc(Br)cc(C(=O)c2cccc3ccncc23)c1. The van der Waals surface area contributed by atoms with Gasteiger partial charge in [0.2, 0.25) is 0 Å². The van der Waals surface area contributed by atoms with Crippen LogP contribution in [0, 0.1) is 0 Å². The van der Waals surface area contributed by atoms with Crippen molar-refractivity contribution in [2.24, 2.45) is 0 Å². The molecule has 3 aromatic rings. The van der Waals surface area contributed by atoms with Crippen LogP contribution < -0.4 is 5.73 Å². The van der Waals surface area contributed by atoms with Crippen molar-refractivity contribution in [3.8, 4) is 0 Å². The Morgan fingerprint density at radius 3 is 2.80 bits per heavy atom. The highest BCUT2D eigenvalue weighted by atomic mass is 79.9. The van der Waals surface area contributed by atoms with Crippen LogP contribution in [0.3, 0.4) is 0 Å². The van der Waals surface area contributed by atoms with Crippen molar-refractivity contribution in [3.63, 3.8) is 0 Å². The number of fused-ring (bicyclic) bond motifs is 1. The van der Waals surface area contributed by atoms with Gasteiger partial charge < -0.3 is 5.73 Å². The lowest BCUT2D eigenvalue weighted by molar-refractivity contribution is 0.104. The van der Waals surface area contributed by atoms with Crippen LogP contribution >= 0.6 is 15.9 Å². The summed E-state index contributed by atoms with van der Waals surface area (Å²) in [4.78, 5) is 16.8. The van der Waals surface area contributed by atoms with Gasteiger partial charge in [-0.2, -0.15) is 0 Å². The first-order chi connectivity index (χ1) is 9.65. The maximum absolute atomic E-state index is 12.7. The number of hydrogen-bond acceptors (Lipinski definition) is 3. The summed E-state index contributed by atoms with van der Waals surface area (Å²) in [6.07, 6.45) is 3.43. The van der Waals surface area contributed by atoms with E-state index in [1.165, 1.54) is 0 Å². The van der Waals surface area contributed by atoms with Gasteiger partial charge in [-0.1, -0.05) is 34.1 Å². The molecule has 1 heterocycles. The molecule has 0 unspecified atom stereocenters. The fraction of sp³-hybridized carbons (Fsp3) is 0. The summed E-state index contributed by atoms with van der Waals surface area (Å²) in [5.41, 5.74) is 7.55. The van der Waals surface area contributed by atoms with Crippen molar-refractivity contribution in [2.45, 2.75) is 0 Å². The summed E-state index contributed by atoms with van der Waals surface area (Å²) in [5.74, 6) is -0.0587. The van der Waals surface area contributed by atoms with Gasteiger partial charge in [0.05, 0.1) is 0 Å². The van der Waals surface area contributed by atoms with Crippen LogP contribution in [0.1, 0.15) is 15.9 Å². The zero-order chi connectivity index (χ0) is 14.1. The average Bonchev–Trinajstić information content (AvgIpc) is 2.45. The highest BCUT2D eigenvalue weighted by Crippen LogP contribution is 2.23. The molecular formula is C16H11BrN2O. The van der Waals surface area contributed by atoms with Crippen molar-refractivity contribution in [3.05, 3.63) is 70.5 Å². The lowest BCUT2D eigenvalue weighted by atomic mass is 9.98. The topological polar surface area (TPSA) is 56.0 Å². The summed E-state index contributed by atoms with van der Waals surface area (Å²) in [6.45, 7) is 0. The van der Waals surface area contributed by atoms with E-state index < -0.39 is 0 Å². The van der Waals surface area contributed by atoms with Crippen molar-refractivity contribution in [1.29, 1.82) is 0 Å². The molecule has 0 fully saturated rings. The van der Waals surface area contributed by atoms with E-state index in [-0.39, 0.29) is 5.78 Å². The maximum atomic E-state index is 12.7. The molecule has 0 spiro atoms. The second-order valence-corrected chi connectivity index (χ2v) is 5.42. The molecule has 3 nitrogen and oxygen atoms in total. The summed E-state index contributed by atoms with van der Waals surface area (Å²) in [7, 11) is 0. The summed E-state index contributed by atoms with van der Waals surface area (Å²) in [5, 5.41) is 1.84. The number of pyridine rings is 1. The summed E-state index contributed by atoms with van der Waals surface area (Å²) < 4.78 is 0.791. The third-order valence-corrected chi connectivity index (χ3v) is 3.57. The Morgan fingerprint density at radius 2 is 2.00 bits per heavy atom. The van der Waals surface area contributed by atoms with Gasteiger partial charge in [-0.05, 0) is 29.7 Å². The second kappa shape index (κ2) is 5.06. The normalized spacial score (nSPS) is 10.7. The first-order valence-electron chi connectivity index (χ1n) is 6.08. The molecule has 2 aromatic carbocycles. The molecule has 0 aliphatic rings. The first kappa shape index (κ1) is 12.8. The number of hydrogen-bond donors (Lipinski definition) is 1. The van der Waals surface area contributed by atoms with Gasteiger partial charge in [0.15, 0.2) is 5.78 Å². The molecule has 0 saturated heterocycles. The standard InChI is InChI=1S/C16H11BrN2O/c17-12-6-11(7-13(18)8-12)16(20)14-3-1-2-10-4-5-19-9-15(10)14/h1-9H,18H2. The van der Waals surface area contributed by atoms with E-state index in [4.69, 9.17) is 5.73 Å². The third kappa shape index (κ3) is 2.30. The zero-order valence-electron chi connectivity index (χ0n) is 10.5. The van der Waals surface area contributed by atoms with E-state index in [1.807, 2.05) is 24.3 Å². The van der Waals surface area contributed by atoms with E-state index in [0.717, 1.165) is 15.2 Å². The van der Waals surface area contributed by atoms with Gasteiger partial charge in [0.25, 0.3) is 0 Å². The monoisotopic (exact) mass is 326 g/mol.